The van der Waals surface area contributed by atoms with E-state index in [2.05, 4.69) is 9.97 Å². The van der Waals surface area contributed by atoms with Gasteiger partial charge in [0, 0.05) is 46.3 Å². The molecule has 204 valence electrons. The average molecular weight is 579 g/mol. The lowest BCUT2D eigenvalue weighted by molar-refractivity contribution is -0.189. The van der Waals surface area contributed by atoms with Gasteiger partial charge in [-0.05, 0) is 36.2 Å². The molecule has 2 aromatic carbocycles. The van der Waals surface area contributed by atoms with Crippen molar-refractivity contribution in [1.29, 1.82) is 5.26 Å². The number of fused-ring (bicyclic) bond motifs is 1. The molecule has 11 heteroatoms. The number of amides is 1. The average Bonchev–Trinajstić information content (AvgIpc) is 3.57. The van der Waals surface area contributed by atoms with Crippen LogP contribution in [-0.4, -0.2) is 50.4 Å². The van der Waals surface area contributed by atoms with Gasteiger partial charge < -0.3 is 14.9 Å². The summed E-state index contributed by atoms with van der Waals surface area (Å²) < 4.78 is 22.4. The minimum absolute atomic E-state index is 0.102. The number of nitrogens with zero attached hydrogens (tertiary/aromatic N) is 4. The largest absolute Gasteiger partial charge is 0.394 e. The van der Waals surface area contributed by atoms with Crippen molar-refractivity contribution in [3.63, 3.8) is 0 Å². The van der Waals surface area contributed by atoms with E-state index in [1.165, 1.54) is 17.4 Å². The van der Waals surface area contributed by atoms with Crippen LogP contribution in [0.4, 0.5) is 4.39 Å². The molecule has 0 fully saturated rings. The smallest absolute Gasteiger partial charge is 0.261 e. The van der Waals surface area contributed by atoms with Crippen LogP contribution in [0.2, 0.25) is 5.02 Å². The maximum absolute atomic E-state index is 16.2. The Hall–Kier alpha value is -3.72. The zero-order valence-electron chi connectivity index (χ0n) is 21.1. The lowest BCUT2D eigenvalue weighted by atomic mass is 9.92. The van der Waals surface area contributed by atoms with Crippen LogP contribution in [0.1, 0.15) is 38.7 Å². The van der Waals surface area contributed by atoms with E-state index in [-0.39, 0.29) is 48.4 Å². The lowest BCUT2D eigenvalue weighted by Crippen LogP contribution is -2.53. The standard InChI is InChI=1S/C29H24ClFN4O4S/c30-19-6-4-18(5-7-19)22-8-9-23-26(27(22)31)28(38)35(25(37)11-10-24-33-12-15-40-24)29(23,39-14-13-36)16-20-2-1-3-21(17-32)34-20/h1-9,12,15,25,36-37H,10-11,13-14,16H2/t25?,29-/m1/s1. The molecule has 1 amide bonds. The molecule has 1 aliphatic heterocycles. The number of hydrogen-bond donors (Lipinski definition) is 2. The predicted molar refractivity (Wildman–Crippen MR) is 147 cm³/mol. The highest BCUT2D eigenvalue weighted by molar-refractivity contribution is 7.09. The van der Waals surface area contributed by atoms with Crippen molar-refractivity contribution in [2.24, 2.45) is 0 Å². The third kappa shape index (κ3) is 5.22. The van der Waals surface area contributed by atoms with E-state index in [0.29, 0.717) is 22.7 Å². The number of aromatic nitrogens is 2. The molecule has 5 rings (SSSR count). The molecule has 8 nitrogen and oxygen atoms in total. The number of carbonyl (C=O) groups excluding carboxylic acids is 1. The fourth-order valence-corrected chi connectivity index (χ4v) is 5.75. The van der Waals surface area contributed by atoms with Crippen molar-refractivity contribution in [3.05, 3.63) is 105 Å². The minimum atomic E-state index is -1.71. The SMILES string of the molecule is N#Cc1cccc(C[C@@]2(OCCO)c3ccc(-c4ccc(Cl)cc4)c(F)c3C(=O)N2C(O)CCc2nccs2)n1. The maximum atomic E-state index is 16.2. The van der Waals surface area contributed by atoms with Crippen LogP contribution in [-0.2, 0) is 23.3 Å². The molecule has 1 aliphatic rings. The summed E-state index contributed by atoms with van der Waals surface area (Å²) in [6, 6.07) is 16.5. The van der Waals surface area contributed by atoms with Crippen molar-refractivity contribution in [3.8, 4) is 17.2 Å². The number of ether oxygens (including phenoxy) is 1. The summed E-state index contributed by atoms with van der Waals surface area (Å²) in [5.74, 6) is -1.53. The minimum Gasteiger partial charge on any atom is -0.394 e. The second-order valence-corrected chi connectivity index (χ2v) is 10.6. The van der Waals surface area contributed by atoms with Crippen molar-refractivity contribution < 1.29 is 24.1 Å². The highest BCUT2D eigenvalue weighted by atomic mass is 35.5. The first-order valence-corrected chi connectivity index (χ1v) is 13.7. The van der Waals surface area contributed by atoms with Gasteiger partial charge in [0.2, 0.25) is 0 Å². The Morgan fingerprint density at radius 1 is 1.20 bits per heavy atom. The van der Waals surface area contributed by atoms with Gasteiger partial charge in [0.15, 0.2) is 5.72 Å². The van der Waals surface area contributed by atoms with Gasteiger partial charge >= 0.3 is 0 Å². The Bertz CT molecular complexity index is 1560. The van der Waals surface area contributed by atoms with Crippen LogP contribution in [0.3, 0.4) is 0 Å². The van der Waals surface area contributed by atoms with Crippen molar-refractivity contribution in [2.75, 3.05) is 13.2 Å². The summed E-state index contributed by atoms with van der Waals surface area (Å²) in [6.45, 7) is -0.591. The number of rotatable bonds is 10. The van der Waals surface area contributed by atoms with Crippen LogP contribution < -0.4 is 0 Å². The summed E-state index contributed by atoms with van der Waals surface area (Å²) >= 11 is 7.43. The summed E-state index contributed by atoms with van der Waals surface area (Å²) in [7, 11) is 0. The monoisotopic (exact) mass is 578 g/mol. The zero-order chi connectivity index (χ0) is 28.3. The molecule has 40 heavy (non-hydrogen) atoms. The van der Waals surface area contributed by atoms with Gasteiger partial charge in [0.25, 0.3) is 5.91 Å². The van der Waals surface area contributed by atoms with Crippen LogP contribution in [0.25, 0.3) is 11.1 Å². The fourth-order valence-electron chi connectivity index (χ4n) is 4.99. The van der Waals surface area contributed by atoms with Crippen molar-refractivity contribution >= 4 is 28.8 Å². The van der Waals surface area contributed by atoms with Gasteiger partial charge in [-0.25, -0.2) is 14.4 Å². The summed E-state index contributed by atoms with van der Waals surface area (Å²) in [5.41, 5.74) is -0.517. The summed E-state index contributed by atoms with van der Waals surface area (Å²) in [5, 5.41) is 33.6. The number of pyridine rings is 1. The van der Waals surface area contributed by atoms with Crippen LogP contribution in [0.15, 0.2) is 66.2 Å². The Morgan fingerprint density at radius 3 is 2.70 bits per heavy atom. The number of halogens is 2. The van der Waals surface area contributed by atoms with Gasteiger partial charge in [0.1, 0.15) is 23.8 Å². The van der Waals surface area contributed by atoms with E-state index < -0.39 is 23.7 Å². The molecule has 4 aromatic rings. The second-order valence-electron chi connectivity index (χ2n) is 9.14. The topological polar surface area (TPSA) is 120 Å². The van der Waals surface area contributed by atoms with E-state index in [1.54, 1.807) is 54.7 Å². The number of aryl methyl sites for hydroxylation is 1. The van der Waals surface area contributed by atoms with Gasteiger partial charge in [-0.2, -0.15) is 5.26 Å². The summed E-state index contributed by atoms with van der Waals surface area (Å²) in [4.78, 5) is 23.7. The number of aliphatic hydroxyl groups is 2. The number of thiazole rings is 1. The Balaban J connectivity index is 1.65. The van der Waals surface area contributed by atoms with E-state index in [4.69, 9.17) is 16.3 Å². The molecular weight excluding hydrogens is 555 g/mol. The second kappa shape index (κ2) is 11.8. The van der Waals surface area contributed by atoms with Crippen LogP contribution in [0.5, 0.6) is 0 Å². The number of benzene rings is 2. The van der Waals surface area contributed by atoms with E-state index in [1.807, 2.05) is 11.4 Å². The van der Waals surface area contributed by atoms with Gasteiger partial charge in [-0.15, -0.1) is 11.3 Å². The van der Waals surface area contributed by atoms with E-state index >= 15 is 4.39 Å². The van der Waals surface area contributed by atoms with Gasteiger partial charge in [-0.1, -0.05) is 41.9 Å². The first kappa shape index (κ1) is 27.8. The number of aliphatic hydroxyl groups excluding tert-OH is 2. The highest BCUT2D eigenvalue weighted by Gasteiger charge is 2.55. The number of carbonyl (C=O) groups is 1. The van der Waals surface area contributed by atoms with E-state index in [0.717, 1.165) is 9.91 Å². The quantitative estimate of drug-likeness (QED) is 0.280. The van der Waals surface area contributed by atoms with E-state index in [9.17, 15) is 20.3 Å². The maximum Gasteiger partial charge on any atom is 0.261 e. The molecule has 0 bridgehead atoms. The molecular formula is C29H24ClFN4O4S. The third-order valence-electron chi connectivity index (χ3n) is 6.71. The molecule has 2 N–H and O–H groups in total. The first-order chi connectivity index (χ1) is 19.4. The molecule has 3 heterocycles. The first-order valence-electron chi connectivity index (χ1n) is 12.5. The summed E-state index contributed by atoms with van der Waals surface area (Å²) in [6.07, 6.45) is 0.638. The third-order valence-corrected chi connectivity index (χ3v) is 7.80. The molecule has 0 aliphatic carbocycles. The number of hydrogen-bond acceptors (Lipinski definition) is 8. The Kier molecular flexibility index (Phi) is 8.21. The lowest BCUT2D eigenvalue weighted by Gasteiger charge is -2.41. The molecule has 2 atom stereocenters. The zero-order valence-corrected chi connectivity index (χ0v) is 22.7. The van der Waals surface area contributed by atoms with Gasteiger partial charge in [-0.3, -0.25) is 9.69 Å². The predicted octanol–water partition coefficient (Wildman–Crippen LogP) is 4.68. The Morgan fingerprint density at radius 2 is 2.00 bits per heavy atom. The normalized spacial score (nSPS) is 17.1. The molecule has 1 unspecified atom stereocenters. The Labute approximate surface area is 238 Å². The highest BCUT2D eigenvalue weighted by Crippen LogP contribution is 2.46. The van der Waals surface area contributed by atoms with Crippen LogP contribution >= 0.6 is 22.9 Å². The van der Waals surface area contributed by atoms with Crippen molar-refractivity contribution in [1.82, 2.24) is 14.9 Å². The molecule has 0 saturated carbocycles. The van der Waals surface area contributed by atoms with Crippen LogP contribution in [0, 0.1) is 17.1 Å². The van der Waals surface area contributed by atoms with Gasteiger partial charge in [0.05, 0.1) is 23.8 Å². The molecule has 0 radical (unpaired) electrons. The molecule has 0 spiro atoms. The molecule has 2 aromatic heterocycles. The molecule has 0 saturated heterocycles. The number of nitriles is 1. The van der Waals surface area contributed by atoms with Crippen molar-refractivity contribution in [2.45, 2.75) is 31.2 Å². The fraction of sp³-hybridized carbons (Fsp3) is 0.241.